The van der Waals surface area contributed by atoms with Crippen LogP contribution in [0.25, 0.3) is 0 Å². The van der Waals surface area contributed by atoms with Gasteiger partial charge in [-0.25, -0.2) is 0 Å². The second-order valence-corrected chi connectivity index (χ2v) is 9.65. The van der Waals surface area contributed by atoms with E-state index < -0.39 is 8.07 Å². The van der Waals surface area contributed by atoms with Crippen LogP contribution in [-0.4, -0.2) is 20.7 Å². The molecule has 1 heterocycles. The maximum absolute atomic E-state index is 11.8. The van der Waals surface area contributed by atoms with E-state index in [0.717, 1.165) is 0 Å². The number of hydrogen-bond donors (Lipinski definition) is 0. The minimum absolute atomic E-state index is 0.161. The van der Waals surface area contributed by atoms with Crippen molar-refractivity contribution >= 4 is 13.9 Å². The smallest absolute Gasteiger partial charge is 0.235 e. The number of ether oxygens (including phenoxy) is 2. The number of hydrogen-bond acceptors (Lipinski definition) is 3. The molecule has 1 aromatic rings. The average Bonchev–Trinajstić information content (AvgIpc) is 2.71. The minimum atomic E-state index is -1.51. The van der Waals surface area contributed by atoms with Gasteiger partial charge < -0.3 is 9.47 Å². The van der Waals surface area contributed by atoms with Crippen LogP contribution in [0.3, 0.4) is 0 Å². The number of carbonyl (C=O) groups excluding carboxylic acids is 1. The normalized spacial score (nSPS) is 12.9. The average molecular weight is 246 g/mol. The van der Waals surface area contributed by atoms with E-state index in [9.17, 15) is 4.79 Å². The molecule has 0 unspecified atom stereocenters. The van der Waals surface area contributed by atoms with Crippen LogP contribution in [0.2, 0.25) is 19.6 Å². The largest absolute Gasteiger partial charge is 0.454 e. The van der Waals surface area contributed by atoms with E-state index in [2.05, 4.69) is 31.1 Å². The van der Waals surface area contributed by atoms with Gasteiger partial charge in [0, 0.05) is 5.56 Å². The third-order valence-electron chi connectivity index (χ3n) is 2.19. The highest BCUT2D eigenvalue weighted by Gasteiger charge is 2.15. The van der Waals surface area contributed by atoms with Crippen molar-refractivity contribution in [2.75, 3.05) is 6.79 Å². The van der Waals surface area contributed by atoms with Crippen LogP contribution >= 0.6 is 0 Å². The summed E-state index contributed by atoms with van der Waals surface area (Å²) in [6, 6.07) is 5.14. The van der Waals surface area contributed by atoms with E-state index in [1.807, 2.05) is 0 Å². The van der Waals surface area contributed by atoms with Gasteiger partial charge in [-0.15, -0.1) is 5.54 Å². The maximum atomic E-state index is 11.8. The molecule has 0 atom stereocenters. The molecule has 0 saturated carbocycles. The van der Waals surface area contributed by atoms with E-state index in [-0.39, 0.29) is 12.6 Å². The summed E-state index contributed by atoms with van der Waals surface area (Å²) >= 11 is 0. The van der Waals surface area contributed by atoms with E-state index in [1.54, 1.807) is 18.2 Å². The third kappa shape index (κ3) is 2.89. The highest BCUT2D eigenvalue weighted by Crippen LogP contribution is 2.32. The summed E-state index contributed by atoms with van der Waals surface area (Å²) < 4.78 is 10.4. The minimum Gasteiger partial charge on any atom is -0.454 e. The molecule has 0 radical (unpaired) electrons. The Kier molecular flexibility index (Phi) is 2.95. The summed E-state index contributed by atoms with van der Waals surface area (Å²) in [5, 5.41) is 0. The van der Waals surface area contributed by atoms with E-state index in [1.165, 1.54) is 0 Å². The molecule has 88 valence electrons. The van der Waals surface area contributed by atoms with Crippen LogP contribution in [0.1, 0.15) is 10.4 Å². The molecule has 0 aliphatic carbocycles. The molecule has 0 aromatic heterocycles. The number of Topliss-reactive ketones (excluding diaryl/α,β-unsaturated/α-hetero) is 1. The highest BCUT2D eigenvalue weighted by molar-refractivity contribution is 6.84. The Hall–Kier alpha value is -1.73. The Morgan fingerprint density at radius 3 is 2.65 bits per heavy atom. The number of ketones is 1. The van der Waals surface area contributed by atoms with Crippen LogP contribution < -0.4 is 9.47 Å². The molecule has 0 spiro atoms. The Morgan fingerprint density at radius 1 is 1.24 bits per heavy atom. The van der Waals surface area contributed by atoms with Crippen molar-refractivity contribution in [2.45, 2.75) is 19.6 Å². The fraction of sp³-hybridized carbons (Fsp3) is 0.308. The van der Waals surface area contributed by atoms with Crippen molar-refractivity contribution in [3.8, 4) is 23.0 Å². The zero-order valence-electron chi connectivity index (χ0n) is 10.2. The van der Waals surface area contributed by atoms with Crippen LogP contribution in [0.15, 0.2) is 18.2 Å². The van der Waals surface area contributed by atoms with Crippen molar-refractivity contribution in [1.82, 2.24) is 0 Å². The lowest BCUT2D eigenvalue weighted by Crippen LogP contribution is -2.17. The lowest BCUT2D eigenvalue weighted by Gasteiger charge is -2.03. The molecular weight excluding hydrogens is 232 g/mol. The fourth-order valence-electron chi connectivity index (χ4n) is 1.35. The van der Waals surface area contributed by atoms with E-state index >= 15 is 0 Å². The van der Waals surface area contributed by atoms with Crippen molar-refractivity contribution in [2.24, 2.45) is 0 Å². The third-order valence-corrected chi connectivity index (χ3v) is 3.06. The van der Waals surface area contributed by atoms with Crippen LogP contribution in [0.4, 0.5) is 0 Å². The van der Waals surface area contributed by atoms with Gasteiger partial charge in [0.25, 0.3) is 0 Å². The second kappa shape index (κ2) is 4.26. The van der Waals surface area contributed by atoms with E-state index in [0.29, 0.717) is 17.1 Å². The molecular formula is C13H14O3Si. The fourth-order valence-corrected chi connectivity index (χ4v) is 1.84. The quantitative estimate of drug-likeness (QED) is 0.434. The first-order valence-electron chi connectivity index (χ1n) is 5.43. The summed E-state index contributed by atoms with van der Waals surface area (Å²) in [6.07, 6.45) is 0. The van der Waals surface area contributed by atoms with Gasteiger partial charge in [-0.2, -0.15) is 0 Å². The summed E-state index contributed by atoms with van der Waals surface area (Å²) in [5.41, 5.74) is 3.61. The van der Waals surface area contributed by atoms with Gasteiger partial charge in [0.1, 0.15) is 8.07 Å². The van der Waals surface area contributed by atoms with Gasteiger partial charge >= 0.3 is 0 Å². The molecule has 1 aliphatic rings. The molecule has 4 heteroatoms. The summed E-state index contributed by atoms with van der Waals surface area (Å²) in [4.78, 5) is 11.8. The van der Waals surface area contributed by atoms with Crippen molar-refractivity contribution in [3.63, 3.8) is 0 Å². The lowest BCUT2D eigenvalue weighted by molar-refractivity contribution is 0.105. The summed E-state index contributed by atoms with van der Waals surface area (Å²) in [7, 11) is -1.51. The van der Waals surface area contributed by atoms with Crippen molar-refractivity contribution < 1.29 is 14.3 Å². The summed E-state index contributed by atoms with van der Waals surface area (Å²) in [5.74, 6) is 3.84. The lowest BCUT2D eigenvalue weighted by atomic mass is 10.1. The molecule has 3 nitrogen and oxygen atoms in total. The SMILES string of the molecule is C[Si](C)(C)C#CC(=O)c1ccc2c(c1)OCO2. The van der Waals surface area contributed by atoms with Crippen molar-refractivity contribution in [3.05, 3.63) is 23.8 Å². The molecule has 0 bridgehead atoms. The second-order valence-electron chi connectivity index (χ2n) is 4.90. The summed E-state index contributed by atoms with van der Waals surface area (Å²) in [6.45, 7) is 6.53. The molecule has 1 aromatic carbocycles. The Bertz CT molecular complexity index is 518. The molecule has 17 heavy (non-hydrogen) atoms. The van der Waals surface area contributed by atoms with Gasteiger partial charge in [-0.3, -0.25) is 4.79 Å². The molecule has 0 amide bonds. The molecule has 0 saturated heterocycles. The number of rotatable bonds is 1. The van der Waals surface area contributed by atoms with Gasteiger partial charge in [0.05, 0.1) is 0 Å². The van der Waals surface area contributed by atoms with Gasteiger partial charge in [-0.1, -0.05) is 19.6 Å². The molecule has 2 rings (SSSR count). The number of fused-ring (bicyclic) bond motifs is 1. The van der Waals surface area contributed by atoms with Gasteiger partial charge in [-0.05, 0) is 24.1 Å². The van der Waals surface area contributed by atoms with Gasteiger partial charge in [0.2, 0.25) is 12.6 Å². The molecule has 1 aliphatic heterocycles. The zero-order valence-corrected chi connectivity index (χ0v) is 11.2. The Labute approximate surface area is 102 Å². The predicted octanol–water partition coefficient (Wildman–Crippen LogP) is 2.48. The van der Waals surface area contributed by atoms with Crippen LogP contribution in [0, 0.1) is 11.5 Å². The highest BCUT2D eigenvalue weighted by atomic mass is 28.3. The Balaban J connectivity index is 2.23. The maximum Gasteiger partial charge on any atom is 0.235 e. The predicted molar refractivity (Wildman–Crippen MR) is 68.0 cm³/mol. The number of benzene rings is 1. The van der Waals surface area contributed by atoms with E-state index in [4.69, 9.17) is 9.47 Å². The first-order valence-corrected chi connectivity index (χ1v) is 8.93. The van der Waals surface area contributed by atoms with Crippen molar-refractivity contribution in [1.29, 1.82) is 0 Å². The topological polar surface area (TPSA) is 35.5 Å². The monoisotopic (exact) mass is 246 g/mol. The Morgan fingerprint density at radius 2 is 1.94 bits per heavy atom. The molecule has 0 fully saturated rings. The number of carbonyl (C=O) groups is 1. The first kappa shape index (κ1) is 11.7. The van der Waals surface area contributed by atoms with Gasteiger partial charge in [0.15, 0.2) is 11.5 Å². The van der Waals surface area contributed by atoms with Crippen LogP contribution in [-0.2, 0) is 0 Å². The standard InChI is InChI=1S/C13H14O3Si/c1-17(2,3)7-6-11(14)10-4-5-12-13(8-10)16-9-15-12/h4-5,8H,9H2,1-3H3. The molecule has 0 N–H and O–H groups in total. The first-order chi connectivity index (χ1) is 7.96. The van der Waals surface area contributed by atoms with Crippen LogP contribution in [0.5, 0.6) is 11.5 Å². The zero-order chi connectivity index (χ0) is 12.5.